The summed E-state index contributed by atoms with van der Waals surface area (Å²) in [5, 5.41) is 3.33. The molecule has 92 valence electrons. The van der Waals surface area contributed by atoms with Gasteiger partial charge in [0.25, 0.3) is 5.88 Å². The second-order valence-corrected chi connectivity index (χ2v) is 4.79. The van der Waals surface area contributed by atoms with Crippen LogP contribution in [0, 0.1) is 17.7 Å². The molecule has 4 nitrogen and oxygen atoms in total. The fourth-order valence-electron chi connectivity index (χ4n) is 2.74. The zero-order valence-corrected chi connectivity index (χ0v) is 9.82. The summed E-state index contributed by atoms with van der Waals surface area (Å²) in [7, 11) is 0. The summed E-state index contributed by atoms with van der Waals surface area (Å²) in [6.07, 6.45) is 3.25. The predicted octanol–water partition coefficient (Wildman–Crippen LogP) is 1.16. The van der Waals surface area contributed by atoms with Gasteiger partial charge in [-0.25, -0.2) is 4.98 Å². The Morgan fingerprint density at radius 3 is 2.82 bits per heavy atom. The number of halogens is 1. The molecule has 1 aliphatic heterocycles. The molecule has 0 radical (unpaired) electrons. The zero-order valence-electron chi connectivity index (χ0n) is 9.82. The Morgan fingerprint density at radius 1 is 1.41 bits per heavy atom. The van der Waals surface area contributed by atoms with Gasteiger partial charge >= 0.3 is 0 Å². The summed E-state index contributed by atoms with van der Waals surface area (Å²) in [6, 6.07) is 0. The number of ether oxygens (including phenoxy) is 1. The van der Waals surface area contributed by atoms with E-state index in [-0.39, 0.29) is 12.0 Å². The summed E-state index contributed by atoms with van der Waals surface area (Å²) in [4.78, 5) is 7.81. The van der Waals surface area contributed by atoms with Crippen molar-refractivity contribution < 1.29 is 9.13 Å². The highest BCUT2D eigenvalue weighted by molar-refractivity contribution is 5.18. The maximum atomic E-state index is 13.9. The minimum Gasteiger partial charge on any atom is -0.472 e. The number of hydrogen-bond donors (Lipinski definition) is 1. The first-order valence-electron chi connectivity index (χ1n) is 6.16. The quantitative estimate of drug-likeness (QED) is 0.857. The molecule has 2 bridgehead atoms. The van der Waals surface area contributed by atoms with Crippen LogP contribution in [0.1, 0.15) is 19.0 Å². The lowest BCUT2D eigenvalue weighted by molar-refractivity contribution is -0.0492. The van der Waals surface area contributed by atoms with Gasteiger partial charge in [0.1, 0.15) is 12.4 Å². The smallest absolute Gasteiger partial charge is 0.254 e. The lowest BCUT2D eigenvalue weighted by atomic mass is 9.69. The largest absolute Gasteiger partial charge is 0.472 e. The molecule has 0 spiro atoms. The van der Waals surface area contributed by atoms with Gasteiger partial charge in [-0.05, 0) is 12.8 Å². The maximum Gasteiger partial charge on any atom is 0.254 e. The van der Waals surface area contributed by atoms with E-state index < -0.39 is 5.82 Å². The second kappa shape index (κ2) is 4.22. The number of hydrogen-bond acceptors (Lipinski definition) is 4. The van der Waals surface area contributed by atoms with E-state index in [1.54, 1.807) is 0 Å². The molecule has 5 heteroatoms. The first kappa shape index (κ1) is 10.9. The molecule has 0 amide bonds. The van der Waals surface area contributed by atoms with Crippen molar-refractivity contribution in [3.8, 4) is 5.88 Å². The number of rotatable bonds is 3. The van der Waals surface area contributed by atoms with Crippen LogP contribution in [0.2, 0.25) is 0 Å². The number of nitrogens with zero attached hydrogens (tertiary/aromatic N) is 2. The average molecular weight is 237 g/mol. The highest BCUT2D eigenvalue weighted by Gasteiger charge is 2.46. The molecule has 1 saturated heterocycles. The molecule has 1 saturated carbocycles. The molecular weight excluding hydrogens is 221 g/mol. The van der Waals surface area contributed by atoms with Crippen LogP contribution in [0.3, 0.4) is 0 Å². The van der Waals surface area contributed by atoms with Gasteiger partial charge in [-0.3, -0.25) is 0 Å². The fraction of sp³-hybridized carbons (Fsp3) is 0.667. The number of nitrogens with one attached hydrogen (secondary N) is 1. The lowest BCUT2D eigenvalue weighted by Gasteiger charge is -2.48. The molecule has 0 aromatic carbocycles. The molecule has 1 aromatic heterocycles. The standard InChI is InChI=1S/C12H16FN3O/c1-2-9-10(13)12(16-6-15-9)17-11-7-3-8(11)5-14-4-7/h6-8,11,14H,2-5H2,1H3/t7-,8+,11?. The molecule has 2 fully saturated rings. The Balaban J connectivity index is 1.77. The van der Waals surface area contributed by atoms with E-state index in [2.05, 4.69) is 15.3 Å². The van der Waals surface area contributed by atoms with Crippen LogP contribution >= 0.6 is 0 Å². The van der Waals surface area contributed by atoms with E-state index in [9.17, 15) is 4.39 Å². The van der Waals surface area contributed by atoms with Crippen molar-refractivity contribution in [1.82, 2.24) is 15.3 Å². The van der Waals surface area contributed by atoms with E-state index in [1.807, 2.05) is 6.92 Å². The highest BCUT2D eigenvalue weighted by atomic mass is 19.1. The Hall–Kier alpha value is -1.23. The van der Waals surface area contributed by atoms with E-state index >= 15 is 0 Å². The highest BCUT2D eigenvalue weighted by Crippen LogP contribution is 2.39. The summed E-state index contributed by atoms with van der Waals surface area (Å²) in [6.45, 7) is 3.81. The van der Waals surface area contributed by atoms with Crippen LogP contribution < -0.4 is 10.1 Å². The van der Waals surface area contributed by atoms with E-state index in [0.717, 1.165) is 13.1 Å². The van der Waals surface area contributed by atoms with Gasteiger partial charge in [-0.15, -0.1) is 0 Å². The molecule has 1 aliphatic carbocycles. The van der Waals surface area contributed by atoms with E-state index in [4.69, 9.17) is 4.74 Å². The number of aromatic nitrogens is 2. The Kier molecular flexibility index (Phi) is 2.70. The summed E-state index contributed by atoms with van der Waals surface area (Å²) < 4.78 is 19.6. The summed E-state index contributed by atoms with van der Waals surface area (Å²) >= 11 is 0. The zero-order chi connectivity index (χ0) is 11.8. The van der Waals surface area contributed by atoms with Crippen LogP contribution in [-0.2, 0) is 6.42 Å². The third kappa shape index (κ3) is 1.78. The number of piperidine rings is 2. The van der Waals surface area contributed by atoms with Crippen molar-refractivity contribution >= 4 is 0 Å². The normalized spacial score (nSPS) is 30.8. The topological polar surface area (TPSA) is 47.0 Å². The van der Waals surface area contributed by atoms with Gasteiger partial charge in [0.05, 0.1) is 5.69 Å². The lowest BCUT2D eigenvalue weighted by Crippen LogP contribution is -2.59. The molecular formula is C12H16FN3O. The van der Waals surface area contributed by atoms with Crippen molar-refractivity contribution in [2.75, 3.05) is 13.1 Å². The third-order valence-corrected chi connectivity index (χ3v) is 3.76. The number of fused-ring (bicyclic) bond motifs is 2. The van der Waals surface area contributed by atoms with Gasteiger partial charge in [-0.1, -0.05) is 6.92 Å². The van der Waals surface area contributed by atoms with Gasteiger partial charge in [0.15, 0.2) is 0 Å². The van der Waals surface area contributed by atoms with Gasteiger partial charge < -0.3 is 10.1 Å². The van der Waals surface area contributed by atoms with Gasteiger partial charge in [-0.2, -0.15) is 9.37 Å². The molecule has 2 heterocycles. The van der Waals surface area contributed by atoms with E-state index in [0.29, 0.717) is 24.0 Å². The molecule has 3 rings (SSSR count). The van der Waals surface area contributed by atoms with Crippen molar-refractivity contribution in [2.45, 2.75) is 25.9 Å². The third-order valence-electron chi connectivity index (χ3n) is 3.76. The summed E-state index contributed by atoms with van der Waals surface area (Å²) in [5.41, 5.74) is 0.428. The Bertz CT molecular complexity index is 412. The second-order valence-electron chi connectivity index (χ2n) is 4.79. The molecule has 1 aromatic rings. The Labute approximate surface area is 99.6 Å². The van der Waals surface area contributed by atoms with Crippen molar-refractivity contribution in [3.63, 3.8) is 0 Å². The van der Waals surface area contributed by atoms with Crippen LogP contribution in [0.5, 0.6) is 5.88 Å². The maximum absolute atomic E-state index is 13.9. The van der Waals surface area contributed by atoms with Crippen molar-refractivity contribution in [3.05, 3.63) is 17.8 Å². The van der Waals surface area contributed by atoms with Crippen LogP contribution in [0.15, 0.2) is 6.33 Å². The molecule has 1 N–H and O–H groups in total. The molecule has 3 atom stereocenters. The van der Waals surface area contributed by atoms with Crippen LogP contribution in [-0.4, -0.2) is 29.2 Å². The Morgan fingerprint density at radius 2 is 2.18 bits per heavy atom. The van der Waals surface area contributed by atoms with Gasteiger partial charge in [0.2, 0.25) is 5.82 Å². The average Bonchev–Trinajstić information content (AvgIpc) is 2.38. The minimum absolute atomic E-state index is 0.124. The van der Waals surface area contributed by atoms with Crippen molar-refractivity contribution in [2.24, 2.45) is 11.8 Å². The monoisotopic (exact) mass is 237 g/mol. The van der Waals surface area contributed by atoms with Crippen LogP contribution in [0.25, 0.3) is 0 Å². The summed E-state index contributed by atoms with van der Waals surface area (Å²) in [5.74, 6) is 0.743. The van der Waals surface area contributed by atoms with Crippen molar-refractivity contribution in [1.29, 1.82) is 0 Å². The van der Waals surface area contributed by atoms with Crippen LogP contribution in [0.4, 0.5) is 4.39 Å². The first-order valence-corrected chi connectivity index (χ1v) is 6.16. The minimum atomic E-state index is -0.395. The fourth-order valence-corrected chi connectivity index (χ4v) is 2.74. The first-order chi connectivity index (χ1) is 8.29. The predicted molar refractivity (Wildman–Crippen MR) is 60.3 cm³/mol. The number of aryl methyl sites for hydroxylation is 1. The molecule has 2 aliphatic rings. The van der Waals surface area contributed by atoms with E-state index in [1.165, 1.54) is 12.7 Å². The molecule has 1 unspecified atom stereocenters. The molecule has 17 heavy (non-hydrogen) atoms. The SMILES string of the molecule is CCc1ncnc(OC2[C@@H]3CNC[C@H]2C3)c1F. The van der Waals surface area contributed by atoms with Gasteiger partial charge in [0, 0.05) is 24.9 Å².